The van der Waals surface area contributed by atoms with Crippen LogP contribution in [0.2, 0.25) is 0 Å². The van der Waals surface area contributed by atoms with Gasteiger partial charge in [0.15, 0.2) is 0 Å². The lowest BCUT2D eigenvalue weighted by Gasteiger charge is -2.01. The number of hydrogen-bond acceptors (Lipinski definition) is 4. The molecule has 0 aliphatic heterocycles. The zero-order valence-electron chi connectivity index (χ0n) is 8.64. The van der Waals surface area contributed by atoms with Crippen LogP contribution in [0.15, 0.2) is 24.3 Å². The maximum atomic E-state index is 10.8. The number of anilines is 1. The van der Waals surface area contributed by atoms with Gasteiger partial charge in [0, 0.05) is 11.8 Å². The Bertz CT molecular complexity index is 451. The first kappa shape index (κ1) is 11.8. The molecule has 0 radical (unpaired) electrons. The molecule has 0 unspecified atom stereocenters. The van der Waals surface area contributed by atoms with E-state index in [1.807, 2.05) is 0 Å². The third-order valence-corrected chi connectivity index (χ3v) is 1.92. The van der Waals surface area contributed by atoms with Crippen LogP contribution in [0.3, 0.4) is 0 Å². The number of carbonyl (C=O) groups excluding carboxylic acids is 1. The van der Waals surface area contributed by atoms with Gasteiger partial charge < -0.3 is 15.6 Å². The van der Waals surface area contributed by atoms with Crippen molar-refractivity contribution >= 4 is 23.7 Å². The van der Waals surface area contributed by atoms with E-state index < -0.39 is 11.9 Å². The molecule has 0 bridgehead atoms. The van der Waals surface area contributed by atoms with Crippen LogP contribution in [0.1, 0.15) is 15.9 Å². The highest BCUT2D eigenvalue weighted by molar-refractivity contribution is 5.94. The predicted octanol–water partition coefficient (Wildman–Crippen LogP) is 1.15. The number of carbonyl (C=O) groups is 2. The molecular weight excluding hydrogens is 210 g/mol. The molecule has 0 spiro atoms. The topological polar surface area (TPSA) is 89.6 Å². The summed E-state index contributed by atoms with van der Waals surface area (Å²) in [5.41, 5.74) is 6.35. The summed E-state index contributed by atoms with van der Waals surface area (Å²) in [6.07, 6.45) is 2.73. The minimum absolute atomic E-state index is 0.0372. The number of ether oxygens (including phenoxy) is 1. The zero-order chi connectivity index (χ0) is 12.1. The van der Waals surface area contributed by atoms with E-state index >= 15 is 0 Å². The number of nitrogens with two attached hydrogens (primary N) is 1. The van der Waals surface area contributed by atoms with Gasteiger partial charge in [0.2, 0.25) is 0 Å². The minimum Gasteiger partial charge on any atom is -0.478 e. The average Bonchev–Trinajstić information content (AvgIpc) is 2.25. The van der Waals surface area contributed by atoms with Crippen LogP contribution in [-0.4, -0.2) is 24.2 Å². The molecule has 1 rings (SSSR count). The molecule has 0 aromatic heterocycles. The van der Waals surface area contributed by atoms with E-state index in [2.05, 4.69) is 4.74 Å². The van der Waals surface area contributed by atoms with Crippen molar-refractivity contribution in [1.82, 2.24) is 0 Å². The van der Waals surface area contributed by atoms with Crippen LogP contribution in [0.25, 0.3) is 6.08 Å². The smallest absolute Gasteiger partial charge is 0.337 e. The zero-order valence-corrected chi connectivity index (χ0v) is 8.64. The summed E-state index contributed by atoms with van der Waals surface area (Å²) in [4.78, 5) is 21.5. The summed E-state index contributed by atoms with van der Waals surface area (Å²) in [5, 5.41) is 8.74. The van der Waals surface area contributed by atoms with Crippen LogP contribution >= 0.6 is 0 Å². The highest BCUT2D eigenvalue weighted by Crippen LogP contribution is 2.15. The second kappa shape index (κ2) is 4.97. The molecule has 84 valence electrons. The molecule has 0 saturated heterocycles. The van der Waals surface area contributed by atoms with Crippen molar-refractivity contribution in [2.45, 2.75) is 0 Å². The number of esters is 1. The summed E-state index contributed by atoms with van der Waals surface area (Å²) in [7, 11) is 1.27. The molecule has 0 saturated carbocycles. The summed E-state index contributed by atoms with van der Waals surface area (Å²) < 4.78 is 4.41. The molecule has 5 heteroatoms. The standard InChI is InChI=1S/C11H11NO4/c1-16-10(13)5-3-7-2-4-8(11(14)15)9(12)6-7/h2-6H,12H2,1H3,(H,14,15). The number of hydrogen-bond donors (Lipinski definition) is 2. The summed E-state index contributed by atoms with van der Waals surface area (Å²) in [5.74, 6) is -1.57. The predicted molar refractivity (Wildman–Crippen MR) is 58.9 cm³/mol. The second-order valence-electron chi connectivity index (χ2n) is 3.01. The average molecular weight is 221 g/mol. The van der Waals surface area contributed by atoms with Crippen molar-refractivity contribution in [2.24, 2.45) is 0 Å². The van der Waals surface area contributed by atoms with Gasteiger partial charge in [0.05, 0.1) is 12.7 Å². The first-order chi connectivity index (χ1) is 7.54. The minimum atomic E-state index is -1.08. The van der Waals surface area contributed by atoms with Crippen molar-refractivity contribution in [3.8, 4) is 0 Å². The first-order valence-electron chi connectivity index (χ1n) is 4.43. The number of nitrogen functional groups attached to an aromatic ring is 1. The van der Waals surface area contributed by atoms with Crippen molar-refractivity contribution in [2.75, 3.05) is 12.8 Å². The van der Waals surface area contributed by atoms with Gasteiger partial charge in [0.1, 0.15) is 0 Å². The van der Waals surface area contributed by atoms with E-state index in [-0.39, 0.29) is 11.3 Å². The van der Waals surface area contributed by atoms with Gasteiger partial charge in [-0.05, 0) is 23.8 Å². The molecule has 3 N–H and O–H groups in total. The molecule has 5 nitrogen and oxygen atoms in total. The molecule has 0 fully saturated rings. The third-order valence-electron chi connectivity index (χ3n) is 1.92. The molecule has 1 aromatic carbocycles. The number of carboxylic acids is 1. The van der Waals surface area contributed by atoms with Crippen LogP contribution in [-0.2, 0) is 9.53 Å². The maximum absolute atomic E-state index is 10.8. The lowest BCUT2D eigenvalue weighted by Crippen LogP contribution is -2.02. The van der Waals surface area contributed by atoms with Crippen LogP contribution in [0, 0.1) is 0 Å². The number of rotatable bonds is 3. The van der Waals surface area contributed by atoms with Crippen LogP contribution < -0.4 is 5.73 Å². The third kappa shape index (κ3) is 2.84. The van der Waals surface area contributed by atoms with Crippen LogP contribution in [0.4, 0.5) is 5.69 Å². The van der Waals surface area contributed by atoms with Gasteiger partial charge in [0.25, 0.3) is 0 Å². The fourth-order valence-electron chi connectivity index (χ4n) is 1.11. The maximum Gasteiger partial charge on any atom is 0.337 e. The summed E-state index contributed by atoms with van der Waals surface area (Å²) >= 11 is 0. The SMILES string of the molecule is COC(=O)C=Cc1ccc(C(=O)O)c(N)c1. The fraction of sp³-hybridized carbons (Fsp3) is 0.0909. The summed E-state index contributed by atoms with van der Waals surface area (Å²) in [6.45, 7) is 0. The van der Waals surface area contributed by atoms with E-state index in [0.717, 1.165) is 0 Å². The van der Waals surface area contributed by atoms with Crippen molar-refractivity contribution in [3.05, 3.63) is 35.4 Å². The van der Waals surface area contributed by atoms with E-state index in [1.54, 1.807) is 6.07 Å². The van der Waals surface area contributed by atoms with Gasteiger partial charge in [-0.3, -0.25) is 0 Å². The van der Waals surface area contributed by atoms with Gasteiger partial charge in [-0.25, -0.2) is 9.59 Å². The number of carboxylic acid groups (broad SMARTS) is 1. The molecule has 0 amide bonds. The second-order valence-corrected chi connectivity index (χ2v) is 3.01. The van der Waals surface area contributed by atoms with Crippen molar-refractivity contribution < 1.29 is 19.4 Å². The Hall–Kier alpha value is -2.30. The van der Waals surface area contributed by atoms with E-state index in [9.17, 15) is 9.59 Å². The Kier molecular flexibility index (Phi) is 3.66. The Labute approximate surface area is 92.1 Å². The van der Waals surface area contributed by atoms with Crippen molar-refractivity contribution in [1.29, 1.82) is 0 Å². The lowest BCUT2D eigenvalue weighted by atomic mass is 10.1. The molecule has 16 heavy (non-hydrogen) atoms. The Morgan fingerprint density at radius 3 is 2.62 bits per heavy atom. The van der Waals surface area contributed by atoms with Gasteiger partial charge in [-0.1, -0.05) is 6.07 Å². The highest BCUT2D eigenvalue weighted by atomic mass is 16.5. The summed E-state index contributed by atoms with van der Waals surface area (Å²) in [6, 6.07) is 4.41. The highest BCUT2D eigenvalue weighted by Gasteiger charge is 2.06. The molecule has 0 aliphatic carbocycles. The number of aromatic carboxylic acids is 1. The van der Waals surface area contributed by atoms with Gasteiger partial charge in [-0.2, -0.15) is 0 Å². The molecule has 0 atom stereocenters. The van der Waals surface area contributed by atoms with Gasteiger partial charge in [-0.15, -0.1) is 0 Å². The van der Waals surface area contributed by atoms with Crippen molar-refractivity contribution in [3.63, 3.8) is 0 Å². The molecule has 1 aromatic rings. The molecular formula is C11H11NO4. The lowest BCUT2D eigenvalue weighted by molar-refractivity contribution is -0.134. The van der Waals surface area contributed by atoms with E-state index in [4.69, 9.17) is 10.8 Å². The Morgan fingerprint density at radius 1 is 1.44 bits per heavy atom. The van der Waals surface area contributed by atoms with Gasteiger partial charge >= 0.3 is 11.9 Å². The largest absolute Gasteiger partial charge is 0.478 e. The normalized spacial score (nSPS) is 10.3. The quantitative estimate of drug-likeness (QED) is 0.454. The first-order valence-corrected chi connectivity index (χ1v) is 4.43. The van der Waals surface area contributed by atoms with E-state index in [1.165, 1.54) is 31.4 Å². The van der Waals surface area contributed by atoms with Crippen LogP contribution in [0.5, 0.6) is 0 Å². The molecule has 0 heterocycles. The van der Waals surface area contributed by atoms with E-state index in [0.29, 0.717) is 5.56 Å². The Balaban J connectivity index is 2.94. The Morgan fingerprint density at radius 2 is 2.12 bits per heavy atom. The molecule has 0 aliphatic rings. The fourth-order valence-corrected chi connectivity index (χ4v) is 1.11. The number of benzene rings is 1. The number of methoxy groups -OCH3 is 1. The monoisotopic (exact) mass is 221 g/mol.